The molecule has 2 fully saturated rings. The molecule has 1 spiro atoms. The van der Waals surface area contributed by atoms with E-state index in [1.165, 1.54) is 7.11 Å². The van der Waals surface area contributed by atoms with Crippen molar-refractivity contribution in [2.24, 2.45) is 5.41 Å². The second-order valence-corrected chi connectivity index (χ2v) is 12.8. The number of alkyl carbamates (subject to hydrolysis) is 1. The highest BCUT2D eigenvalue weighted by Crippen LogP contribution is 2.50. The average molecular weight is 447 g/mol. The largest absolute Gasteiger partial charge is 0.467 e. The minimum atomic E-state index is -0.821. The summed E-state index contributed by atoms with van der Waals surface area (Å²) in [4.78, 5) is 40.1. The molecule has 0 saturated carbocycles. The molecule has 2 aliphatic heterocycles. The van der Waals surface area contributed by atoms with Crippen molar-refractivity contribution in [1.82, 2.24) is 10.2 Å². The maximum absolute atomic E-state index is 13.6. The van der Waals surface area contributed by atoms with Gasteiger partial charge in [-0.05, 0) is 44.1 Å². The molecule has 2 heterocycles. The van der Waals surface area contributed by atoms with Crippen LogP contribution in [0.4, 0.5) is 4.79 Å². The van der Waals surface area contributed by atoms with Gasteiger partial charge in [-0.3, -0.25) is 4.79 Å². The Morgan fingerprint density at radius 1 is 1.10 bits per heavy atom. The molecular weight excluding hydrogens is 412 g/mol. The van der Waals surface area contributed by atoms with E-state index in [0.717, 1.165) is 17.9 Å². The van der Waals surface area contributed by atoms with Crippen LogP contribution in [0.1, 0.15) is 54.4 Å². The van der Waals surface area contributed by atoms with Gasteiger partial charge in [0.05, 0.1) is 11.2 Å². The molecule has 0 radical (unpaired) electrons. The Balaban J connectivity index is 2.27. The predicted octanol–water partition coefficient (Wildman–Crippen LogP) is 3.27. The maximum Gasteiger partial charge on any atom is 0.408 e. The fourth-order valence-corrected chi connectivity index (χ4v) is 6.83. The highest BCUT2D eigenvalue weighted by atomic mass is 32.2. The summed E-state index contributed by atoms with van der Waals surface area (Å²) in [7, 11) is 1.34. The molecule has 9 heteroatoms. The number of rotatable bonds is 3. The highest BCUT2D eigenvalue weighted by Gasteiger charge is 2.53. The highest BCUT2D eigenvalue weighted by molar-refractivity contribution is 8.18. The third kappa shape index (κ3) is 6.20. The molecule has 29 heavy (non-hydrogen) atoms. The number of nitrogens with one attached hydrogen (secondary N) is 1. The Morgan fingerprint density at radius 2 is 1.69 bits per heavy atom. The fraction of sp³-hybridized carbons (Fsp3) is 0.850. The third-order valence-corrected chi connectivity index (χ3v) is 8.18. The summed E-state index contributed by atoms with van der Waals surface area (Å²) in [5.74, 6) is 1.35. The van der Waals surface area contributed by atoms with Gasteiger partial charge < -0.3 is 19.7 Å². The Hall–Kier alpha value is -1.09. The minimum absolute atomic E-state index is 0.193. The Kier molecular flexibility index (Phi) is 7.47. The van der Waals surface area contributed by atoms with Crippen LogP contribution >= 0.6 is 23.5 Å². The summed E-state index contributed by atoms with van der Waals surface area (Å²) in [5.41, 5.74) is -1.23. The van der Waals surface area contributed by atoms with Crippen molar-refractivity contribution in [3.8, 4) is 0 Å². The molecule has 7 nitrogen and oxygen atoms in total. The van der Waals surface area contributed by atoms with E-state index in [1.54, 1.807) is 25.7 Å². The lowest BCUT2D eigenvalue weighted by Crippen LogP contribution is -2.57. The first-order valence-corrected chi connectivity index (χ1v) is 11.9. The van der Waals surface area contributed by atoms with E-state index < -0.39 is 35.2 Å². The van der Waals surface area contributed by atoms with Crippen LogP contribution in [0.15, 0.2) is 0 Å². The van der Waals surface area contributed by atoms with E-state index >= 15 is 0 Å². The quantitative estimate of drug-likeness (QED) is 0.666. The van der Waals surface area contributed by atoms with Crippen molar-refractivity contribution < 1.29 is 23.9 Å². The second kappa shape index (κ2) is 8.96. The first-order chi connectivity index (χ1) is 13.3. The number of hydrogen-bond donors (Lipinski definition) is 1. The number of nitrogens with zero attached hydrogens (tertiary/aromatic N) is 1. The van der Waals surface area contributed by atoms with Crippen molar-refractivity contribution in [3.05, 3.63) is 0 Å². The van der Waals surface area contributed by atoms with Gasteiger partial charge in [-0.1, -0.05) is 20.8 Å². The molecule has 0 aliphatic carbocycles. The van der Waals surface area contributed by atoms with Gasteiger partial charge in [0.25, 0.3) is 0 Å². The Bertz CT molecular complexity index is 636. The zero-order valence-electron chi connectivity index (χ0n) is 18.5. The fourth-order valence-electron chi connectivity index (χ4n) is 3.48. The maximum atomic E-state index is 13.6. The molecule has 0 aromatic rings. The van der Waals surface area contributed by atoms with Crippen LogP contribution < -0.4 is 5.32 Å². The van der Waals surface area contributed by atoms with Crippen LogP contribution in [0.25, 0.3) is 0 Å². The number of carbonyl (C=O) groups is 3. The normalized spacial score (nSPS) is 22.9. The summed E-state index contributed by atoms with van der Waals surface area (Å²) in [6.45, 7) is 11.4. The lowest BCUT2D eigenvalue weighted by Gasteiger charge is -2.36. The number of methoxy groups -OCH3 is 1. The van der Waals surface area contributed by atoms with Crippen LogP contribution in [0, 0.1) is 5.41 Å². The van der Waals surface area contributed by atoms with E-state index in [1.807, 2.05) is 44.3 Å². The number of amides is 2. The van der Waals surface area contributed by atoms with Gasteiger partial charge in [0.15, 0.2) is 0 Å². The SMILES string of the molecule is COC(=O)[C@@H]1CC2(CN1C(=O)[C@@H](NC(=O)OC(C)(C)C)C(C)(C)C)SCCCS2. The van der Waals surface area contributed by atoms with Gasteiger partial charge in [-0.2, -0.15) is 0 Å². The van der Waals surface area contributed by atoms with E-state index in [9.17, 15) is 14.4 Å². The second-order valence-electron chi connectivity index (χ2n) is 9.62. The molecule has 2 atom stereocenters. The first-order valence-electron chi connectivity index (χ1n) is 9.94. The molecule has 0 aromatic heterocycles. The van der Waals surface area contributed by atoms with Crippen molar-refractivity contribution >= 4 is 41.5 Å². The molecule has 0 bridgehead atoms. The van der Waals surface area contributed by atoms with Gasteiger partial charge in [0.2, 0.25) is 5.91 Å². The van der Waals surface area contributed by atoms with Crippen LogP contribution in [-0.4, -0.2) is 69.8 Å². The van der Waals surface area contributed by atoms with Crippen LogP contribution in [0.5, 0.6) is 0 Å². The summed E-state index contributed by atoms with van der Waals surface area (Å²) in [6.07, 6.45) is 1.04. The molecule has 1 N–H and O–H groups in total. The molecule has 2 saturated heterocycles. The van der Waals surface area contributed by atoms with Crippen molar-refractivity contribution in [1.29, 1.82) is 0 Å². The summed E-state index contributed by atoms with van der Waals surface area (Å²) in [5, 5.41) is 2.74. The number of ether oxygens (including phenoxy) is 2. The first kappa shape index (κ1) is 24.2. The Labute approximate surface area is 182 Å². The monoisotopic (exact) mass is 446 g/mol. The summed E-state index contributed by atoms with van der Waals surface area (Å²) < 4.78 is 10.2. The molecule has 0 aromatic carbocycles. The standard InChI is InChI=1S/C20H34N2O5S2/c1-18(2,3)14(21-17(25)27-19(4,5)6)15(23)22-12-20(28-9-8-10-29-20)11-13(22)16(24)26-7/h13-14H,8-12H2,1-7H3,(H,21,25)/t13-,14+/m0/s1. The summed E-state index contributed by atoms with van der Waals surface area (Å²) >= 11 is 3.63. The molecule has 2 amide bonds. The Morgan fingerprint density at radius 3 is 2.17 bits per heavy atom. The van der Waals surface area contributed by atoms with E-state index in [4.69, 9.17) is 9.47 Å². The lowest BCUT2D eigenvalue weighted by molar-refractivity contribution is -0.152. The molecule has 0 unspecified atom stereocenters. The number of thioether (sulfide) groups is 2. The smallest absolute Gasteiger partial charge is 0.408 e. The van der Waals surface area contributed by atoms with Crippen LogP contribution in [0.2, 0.25) is 0 Å². The van der Waals surface area contributed by atoms with Gasteiger partial charge in [0, 0.05) is 13.0 Å². The number of likely N-dealkylation sites (tertiary alicyclic amines) is 1. The van der Waals surface area contributed by atoms with Crippen LogP contribution in [0.3, 0.4) is 0 Å². The topological polar surface area (TPSA) is 84.9 Å². The minimum Gasteiger partial charge on any atom is -0.467 e. The molecule has 166 valence electrons. The van der Waals surface area contributed by atoms with Crippen molar-refractivity contribution in [2.75, 3.05) is 25.2 Å². The zero-order chi connectivity index (χ0) is 22.0. The average Bonchev–Trinajstić information content (AvgIpc) is 2.95. The van der Waals surface area contributed by atoms with Gasteiger partial charge in [0.1, 0.15) is 17.7 Å². The summed E-state index contributed by atoms with van der Waals surface area (Å²) in [6, 6.07) is -1.46. The molecule has 2 rings (SSSR count). The van der Waals surface area contributed by atoms with E-state index in [2.05, 4.69) is 5.32 Å². The number of hydrogen-bond acceptors (Lipinski definition) is 7. The third-order valence-electron chi connectivity index (χ3n) is 4.84. The van der Waals surface area contributed by atoms with Gasteiger partial charge >= 0.3 is 12.1 Å². The predicted molar refractivity (Wildman–Crippen MR) is 117 cm³/mol. The van der Waals surface area contributed by atoms with Gasteiger partial charge in [-0.15, -0.1) is 23.5 Å². The molecule has 2 aliphatic rings. The van der Waals surface area contributed by atoms with Crippen LogP contribution in [-0.2, 0) is 19.1 Å². The zero-order valence-corrected chi connectivity index (χ0v) is 20.1. The molecular formula is C20H34N2O5S2. The van der Waals surface area contributed by atoms with Crippen molar-refractivity contribution in [3.63, 3.8) is 0 Å². The van der Waals surface area contributed by atoms with Crippen molar-refractivity contribution in [2.45, 2.75) is 76.1 Å². The lowest BCUT2D eigenvalue weighted by atomic mass is 9.85. The van der Waals surface area contributed by atoms with E-state index in [0.29, 0.717) is 13.0 Å². The number of carbonyl (C=O) groups excluding carboxylic acids is 3. The van der Waals surface area contributed by atoms with Gasteiger partial charge in [-0.25, -0.2) is 9.59 Å². The number of esters is 1. The van der Waals surface area contributed by atoms with E-state index in [-0.39, 0.29) is 9.99 Å².